The number of rotatable bonds is 8. The molecule has 0 unspecified atom stereocenters. The predicted molar refractivity (Wildman–Crippen MR) is 130 cm³/mol. The molecule has 3 N–H and O–H groups in total. The van der Waals surface area contributed by atoms with Crippen molar-refractivity contribution in [3.05, 3.63) is 41.5 Å². The Kier molecular flexibility index (Phi) is 7.83. The number of nitrogens with zero attached hydrogens (tertiary/aromatic N) is 5. The third kappa shape index (κ3) is 5.84. The number of pyridine rings is 1. The van der Waals surface area contributed by atoms with Crippen LogP contribution < -0.4 is 15.5 Å². The largest absolute Gasteiger partial charge is 0.373 e. The lowest BCUT2D eigenvalue weighted by atomic mass is 10.1. The summed E-state index contributed by atoms with van der Waals surface area (Å²) in [4.78, 5) is 30.5. The summed E-state index contributed by atoms with van der Waals surface area (Å²) in [7, 11) is 1.81. The first kappa shape index (κ1) is 23.1. The fraction of sp³-hybridized carbons (Fsp3) is 0.542. The Labute approximate surface area is 195 Å². The molecule has 2 aromatic rings. The number of aromatic nitrogens is 3. The van der Waals surface area contributed by atoms with E-state index >= 15 is 0 Å². The first-order chi connectivity index (χ1) is 16.2. The summed E-state index contributed by atoms with van der Waals surface area (Å²) in [5.41, 5.74) is 1.26. The summed E-state index contributed by atoms with van der Waals surface area (Å²) in [6.07, 6.45) is 8.87. The SMILES string of the molecule is CNc1nc(N2CCCCCC2)ccc1C(=N)c1ccnc(C(=O)NCCN2CCCC2)n1. The topological polar surface area (TPSA) is 110 Å². The lowest BCUT2D eigenvalue weighted by Crippen LogP contribution is -2.34. The quantitative estimate of drug-likeness (QED) is 0.530. The number of anilines is 2. The van der Waals surface area contributed by atoms with Crippen LogP contribution in [0.15, 0.2) is 24.4 Å². The number of carbonyl (C=O) groups excluding carboxylic acids is 1. The van der Waals surface area contributed by atoms with Crippen LogP contribution in [0.4, 0.5) is 11.6 Å². The number of nitrogens with one attached hydrogen (secondary N) is 3. The van der Waals surface area contributed by atoms with E-state index in [4.69, 9.17) is 10.4 Å². The Morgan fingerprint density at radius 3 is 2.45 bits per heavy atom. The van der Waals surface area contributed by atoms with Gasteiger partial charge in [-0.05, 0) is 57.0 Å². The van der Waals surface area contributed by atoms with E-state index in [1.807, 2.05) is 19.2 Å². The minimum atomic E-state index is -0.313. The summed E-state index contributed by atoms with van der Waals surface area (Å²) in [6.45, 7) is 5.61. The smallest absolute Gasteiger partial charge is 0.289 e. The van der Waals surface area contributed by atoms with Crippen molar-refractivity contribution in [2.24, 2.45) is 0 Å². The first-order valence-electron chi connectivity index (χ1n) is 12.0. The van der Waals surface area contributed by atoms with Gasteiger partial charge in [-0.1, -0.05) is 12.8 Å². The van der Waals surface area contributed by atoms with Crippen LogP contribution in [0.1, 0.15) is 60.4 Å². The van der Waals surface area contributed by atoms with E-state index in [0.717, 1.165) is 38.5 Å². The molecular weight excluding hydrogens is 416 g/mol. The standard InChI is InChI=1S/C24H34N8O/c1-26-22-18(8-9-20(30-22)32-15-4-2-3-5-16-32)21(25)19-10-11-27-23(29-19)24(33)28-12-17-31-13-6-7-14-31/h8-11,25H,2-7,12-17H2,1H3,(H,26,30)(H,28,33). The lowest BCUT2D eigenvalue weighted by molar-refractivity contribution is 0.0939. The molecule has 2 aliphatic rings. The van der Waals surface area contributed by atoms with Gasteiger partial charge in [-0.25, -0.2) is 15.0 Å². The Hall–Kier alpha value is -3.07. The fourth-order valence-electron chi connectivity index (χ4n) is 4.48. The number of hydrogen-bond acceptors (Lipinski definition) is 8. The molecule has 4 heterocycles. The molecular formula is C24H34N8O. The van der Waals surface area contributed by atoms with Gasteiger partial charge in [0.1, 0.15) is 11.6 Å². The van der Waals surface area contributed by atoms with Crippen LogP contribution in [-0.4, -0.2) is 77.8 Å². The van der Waals surface area contributed by atoms with E-state index in [-0.39, 0.29) is 17.4 Å². The van der Waals surface area contributed by atoms with E-state index in [2.05, 4.69) is 30.4 Å². The van der Waals surface area contributed by atoms with Gasteiger partial charge in [0.05, 0.1) is 11.4 Å². The number of carbonyl (C=O) groups is 1. The second-order valence-corrected chi connectivity index (χ2v) is 8.66. The average Bonchev–Trinajstić information content (AvgIpc) is 3.22. The van der Waals surface area contributed by atoms with Crippen LogP contribution >= 0.6 is 0 Å². The zero-order chi connectivity index (χ0) is 23.0. The maximum absolute atomic E-state index is 12.5. The molecule has 2 aliphatic heterocycles. The Bertz CT molecular complexity index is 965. The summed E-state index contributed by atoms with van der Waals surface area (Å²) >= 11 is 0. The van der Waals surface area contributed by atoms with Gasteiger partial charge in [0.2, 0.25) is 5.82 Å². The van der Waals surface area contributed by atoms with Gasteiger partial charge in [0.15, 0.2) is 0 Å². The van der Waals surface area contributed by atoms with Crippen molar-refractivity contribution in [3.8, 4) is 0 Å². The van der Waals surface area contributed by atoms with Gasteiger partial charge in [0, 0.05) is 45.0 Å². The Morgan fingerprint density at radius 2 is 1.73 bits per heavy atom. The molecule has 0 spiro atoms. The number of likely N-dealkylation sites (tertiary alicyclic amines) is 1. The van der Waals surface area contributed by atoms with Crippen molar-refractivity contribution in [1.82, 2.24) is 25.2 Å². The van der Waals surface area contributed by atoms with Crippen molar-refractivity contribution in [2.75, 3.05) is 56.5 Å². The van der Waals surface area contributed by atoms with Crippen molar-refractivity contribution in [2.45, 2.75) is 38.5 Å². The minimum absolute atomic E-state index is 0.0822. The van der Waals surface area contributed by atoms with Crippen molar-refractivity contribution in [1.29, 1.82) is 5.41 Å². The highest BCUT2D eigenvalue weighted by Gasteiger charge is 2.19. The molecule has 0 saturated carbocycles. The fourth-order valence-corrected chi connectivity index (χ4v) is 4.48. The molecule has 0 bridgehead atoms. The van der Waals surface area contributed by atoms with Gasteiger partial charge in [0.25, 0.3) is 5.91 Å². The van der Waals surface area contributed by atoms with E-state index in [1.54, 1.807) is 6.07 Å². The van der Waals surface area contributed by atoms with Gasteiger partial charge in [-0.15, -0.1) is 0 Å². The molecule has 0 aromatic carbocycles. The highest BCUT2D eigenvalue weighted by Crippen LogP contribution is 2.23. The van der Waals surface area contributed by atoms with Crippen LogP contribution in [0.2, 0.25) is 0 Å². The van der Waals surface area contributed by atoms with Gasteiger partial charge in [-0.2, -0.15) is 0 Å². The summed E-state index contributed by atoms with van der Waals surface area (Å²) < 4.78 is 0. The third-order valence-corrected chi connectivity index (χ3v) is 6.34. The van der Waals surface area contributed by atoms with E-state index in [0.29, 0.717) is 23.6 Å². The maximum Gasteiger partial charge on any atom is 0.289 e. The van der Waals surface area contributed by atoms with Crippen molar-refractivity contribution in [3.63, 3.8) is 0 Å². The molecule has 0 radical (unpaired) electrons. The van der Waals surface area contributed by atoms with Crippen LogP contribution in [0.3, 0.4) is 0 Å². The molecule has 4 rings (SSSR count). The molecule has 9 nitrogen and oxygen atoms in total. The predicted octanol–water partition coefficient (Wildman–Crippen LogP) is 2.54. The highest BCUT2D eigenvalue weighted by atomic mass is 16.2. The van der Waals surface area contributed by atoms with Gasteiger partial charge >= 0.3 is 0 Å². The summed E-state index contributed by atoms with van der Waals surface area (Å²) in [5, 5.41) is 14.8. The Balaban J connectivity index is 1.45. The second kappa shape index (κ2) is 11.2. The second-order valence-electron chi connectivity index (χ2n) is 8.66. The molecule has 33 heavy (non-hydrogen) atoms. The zero-order valence-electron chi connectivity index (χ0n) is 19.4. The monoisotopic (exact) mass is 450 g/mol. The highest BCUT2D eigenvalue weighted by molar-refractivity contribution is 6.12. The van der Waals surface area contributed by atoms with Crippen LogP contribution in [0, 0.1) is 5.41 Å². The van der Waals surface area contributed by atoms with Gasteiger partial charge in [-0.3, -0.25) is 10.2 Å². The number of amides is 1. The molecule has 9 heteroatoms. The molecule has 176 valence electrons. The first-order valence-corrected chi connectivity index (χ1v) is 12.0. The van der Waals surface area contributed by atoms with Crippen LogP contribution in [0.5, 0.6) is 0 Å². The summed E-state index contributed by atoms with van der Waals surface area (Å²) in [6, 6.07) is 5.55. The van der Waals surface area contributed by atoms with E-state index in [9.17, 15) is 4.79 Å². The lowest BCUT2D eigenvalue weighted by Gasteiger charge is -2.22. The molecule has 2 saturated heterocycles. The molecule has 2 fully saturated rings. The average molecular weight is 451 g/mol. The molecule has 0 aliphatic carbocycles. The minimum Gasteiger partial charge on any atom is -0.373 e. The van der Waals surface area contributed by atoms with Crippen molar-refractivity contribution < 1.29 is 4.79 Å². The van der Waals surface area contributed by atoms with Crippen LogP contribution in [-0.2, 0) is 0 Å². The van der Waals surface area contributed by atoms with Crippen LogP contribution in [0.25, 0.3) is 0 Å². The Morgan fingerprint density at radius 1 is 1.00 bits per heavy atom. The van der Waals surface area contributed by atoms with E-state index < -0.39 is 0 Å². The van der Waals surface area contributed by atoms with Crippen molar-refractivity contribution >= 4 is 23.3 Å². The molecule has 2 aromatic heterocycles. The molecule has 1 amide bonds. The summed E-state index contributed by atoms with van der Waals surface area (Å²) in [5.74, 6) is 1.33. The normalized spacial score (nSPS) is 16.9. The molecule has 0 atom stereocenters. The maximum atomic E-state index is 12.5. The van der Waals surface area contributed by atoms with E-state index in [1.165, 1.54) is 44.7 Å². The third-order valence-electron chi connectivity index (χ3n) is 6.34. The van der Waals surface area contributed by atoms with Gasteiger partial charge < -0.3 is 20.4 Å². The zero-order valence-corrected chi connectivity index (χ0v) is 19.4. The number of hydrogen-bond donors (Lipinski definition) is 3.